The minimum absolute atomic E-state index is 0.134. The van der Waals surface area contributed by atoms with E-state index in [1.807, 2.05) is 6.07 Å². The topological polar surface area (TPSA) is 113 Å². The van der Waals surface area contributed by atoms with Gasteiger partial charge in [0.15, 0.2) is 6.29 Å². The summed E-state index contributed by atoms with van der Waals surface area (Å²) in [5.74, 6) is 0.101. The minimum Gasteiger partial charge on any atom is -0.461 e. The Morgan fingerprint density at radius 1 is 0.556 bits per heavy atom. The number of carbonyl (C=O) groups excluding carboxylic acids is 3. The van der Waals surface area contributed by atoms with Gasteiger partial charge in [0, 0.05) is 39.1 Å². The molecule has 0 bridgehead atoms. The maximum atomic E-state index is 13.4. The Labute approximate surface area is 442 Å². The maximum absolute atomic E-state index is 13.4. The fourth-order valence-electron chi connectivity index (χ4n) is 9.89. The molecule has 1 aromatic rings. The SMILES string of the molecule is CC[CH]CCCCCC(CCCCCC)CCc1cc(COC(=O)CCC(CCCCCC)OC(=O)NCCN2CCCC2)cc(COC(=O)CCC(OCCCCCCCC)OCCCCCCCC)c1. The smallest absolute Gasteiger partial charge is 0.407 e. The molecule has 0 spiro atoms. The summed E-state index contributed by atoms with van der Waals surface area (Å²) in [5, 5.41) is 2.94. The van der Waals surface area contributed by atoms with E-state index in [1.165, 1.54) is 134 Å². The van der Waals surface area contributed by atoms with Crippen LogP contribution in [-0.4, -0.2) is 74.7 Å². The van der Waals surface area contributed by atoms with Gasteiger partial charge in [0.1, 0.15) is 19.3 Å². The minimum atomic E-state index is -0.414. The standard InChI is InChI=1S/C62H111N2O8/c1-6-11-16-21-24-28-35-54(34-27-19-14-9-4)37-38-55-49-56(52-70-59(65)40-39-58(36-29-20-15-10-5)72-62(67)63-43-46-64-44-30-31-45-64)51-57(50-55)53-71-60(66)41-42-61(68-47-32-25-22-17-12-7-2)69-48-33-26-23-18-13-8-3/h11,49-51,54,58,61H,6-10,12-48,52-53H2,1-5H3,(H,63,67). The summed E-state index contributed by atoms with van der Waals surface area (Å²) >= 11 is 0. The van der Waals surface area contributed by atoms with E-state index in [0.29, 0.717) is 38.5 Å². The molecule has 417 valence electrons. The summed E-state index contributed by atoms with van der Waals surface area (Å²) in [6.45, 7) is 16.3. The average molecular weight is 1010 g/mol. The van der Waals surface area contributed by atoms with Gasteiger partial charge in [-0.3, -0.25) is 9.59 Å². The Hall–Kier alpha value is -2.69. The summed E-state index contributed by atoms with van der Waals surface area (Å²) in [5.41, 5.74) is 2.99. The van der Waals surface area contributed by atoms with Crippen LogP contribution in [0.2, 0.25) is 0 Å². The van der Waals surface area contributed by atoms with Crippen LogP contribution in [0.15, 0.2) is 18.2 Å². The van der Waals surface area contributed by atoms with Crippen molar-refractivity contribution in [1.29, 1.82) is 0 Å². The molecule has 2 unspecified atom stereocenters. The molecule has 1 heterocycles. The largest absolute Gasteiger partial charge is 0.461 e. The van der Waals surface area contributed by atoms with Gasteiger partial charge >= 0.3 is 18.0 Å². The van der Waals surface area contributed by atoms with Gasteiger partial charge in [0.2, 0.25) is 0 Å². The highest BCUT2D eigenvalue weighted by atomic mass is 16.7. The predicted octanol–water partition coefficient (Wildman–Crippen LogP) is 16.7. The number of benzene rings is 1. The Morgan fingerprint density at radius 3 is 1.60 bits per heavy atom. The van der Waals surface area contributed by atoms with Crippen molar-refractivity contribution in [1.82, 2.24) is 10.2 Å². The number of rotatable bonds is 50. The molecule has 1 aromatic carbocycles. The zero-order chi connectivity index (χ0) is 52.0. The van der Waals surface area contributed by atoms with E-state index in [0.717, 1.165) is 108 Å². The second kappa shape index (κ2) is 46.8. The molecule has 2 rings (SSSR count). The van der Waals surface area contributed by atoms with Gasteiger partial charge in [0.25, 0.3) is 0 Å². The highest BCUT2D eigenvalue weighted by Gasteiger charge is 2.19. The van der Waals surface area contributed by atoms with Crippen molar-refractivity contribution in [3.63, 3.8) is 0 Å². The first-order valence-corrected chi connectivity index (χ1v) is 30.4. The first kappa shape index (κ1) is 65.4. The van der Waals surface area contributed by atoms with Gasteiger partial charge in [-0.2, -0.15) is 0 Å². The molecule has 0 saturated carbocycles. The first-order chi connectivity index (χ1) is 35.3. The maximum Gasteiger partial charge on any atom is 0.407 e. The van der Waals surface area contributed by atoms with Gasteiger partial charge in [-0.05, 0) is 106 Å². The monoisotopic (exact) mass is 1010 g/mol. The molecule has 0 aliphatic carbocycles. The number of hydrogen-bond donors (Lipinski definition) is 1. The van der Waals surface area contributed by atoms with E-state index in [2.05, 4.69) is 63.4 Å². The molecule has 2 atom stereocenters. The molecule has 1 radical (unpaired) electrons. The fraction of sp³-hybridized carbons (Fsp3) is 0.839. The predicted molar refractivity (Wildman–Crippen MR) is 298 cm³/mol. The van der Waals surface area contributed by atoms with Crippen molar-refractivity contribution in [2.45, 2.75) is 291 Å². The van der Waals surface area contributed by atoms with E-state index in [-0.39, 0.29) is 44.1 Å². The lowest BCUT2D eigenvalue weighted by Crippen LogP contribution is -2.35. The van der Waals surface area contributed by atoms with Gasteiger partial charge in [-0.15, -0.1) is 0 Å². The van der Waals surface area contributed by atoms with Crippen LogP contribution >= 0.6 is 0 Å². The van der Waals surface area contributed by atoms with Crippen molar-refractivity contribution < 1.29 is 38.1 Å². The lowest BCUT2D eigenvalue weighted by molar-refractivity contribution is -0.160. The Kier molecular flexibility index (Phi) is 42.5. The van der Waals surface area contributed by atoms with Crippen LogP contribution in [-0.2, 0) is 52.9 Å². The molecule has 1 aliphatic heterocycles. The molecular weight excluding hydrogens is 901 g/mol. The van der Waals surface area contributed by atoms with Gasteiger partial charge in [-0.1, -0.05) is 201 Å². The number of aryl methyl sites for hydroxylation is 1. The van der Waals surface area contributed by atoms with Crippen LogP contribution in [0.25, 0.3) is 0 Å². The Bertz CT molecular complexity index is 1420. The number of likely N-dealkylation sites (tertiary alicyclic amines) is 1. The van der Waals surface area contributed by atoms with E-state index in [4.69, 9.17) is 23.7 Å². The summed E-state index contributed by atoms with van der Waals surface area (Å²) in [6.07, 6.45) is 40.2. The molecule has 1 N–H and O–H groups in total. The molecule has 1 fully saturated rings. The van der Waals surface area contributed by atoms with Crippen LogP contribution in [0, 0.1) is 12.3 Å². The third-order valence-electron chi connectivity index (χ3n) is 14.4. The number of carbonyl (C=O) groups is 3. The third-order valence-corrected chi connectivity index (χ3v) is 14.4. The number of nitrogens with zero attached hydrogens (tertiary/aromatic N) is 1. The van der Waals surface area contributed by atoms with Crippen molar-refractivity contribution in [2.24, 2.45) is 5.92 Å². The van der Waals surface area contributed by atoms with Gasteiger partial charge in [0.05, 0.1) is 6.42 Å². The highest BCUT2D eigenvalue weighted by Crippen LogP contribution is 2.26. The second-order valence-corrected chi connectivity index (χ2v) is 21.2. The fourth-order valence-corrected chi connectivity index (χ4v) is 9.89. The van der Waals surface area contributed by atoms with Gasteiger partial charge in [-0.25, -0.2) is 4.79 Å². The normalized spacial score (nSPS) is 13.7. The number of hydrogen-bond acceptors (Lipinski definition) is 9. The van der Waals surface area contributed by atoms with Crippen LogP contribution in [0.5, 0.6) is 0 Å². The third kappa shape index (κ3) is 37.1. The summed E-state index contributed by atoms with van der Waals surface area (Å²) in [6, 6.07) is 6.37. The van der Waals surface area contributed by atoms with Crippen molar-refractivity contribution in [3.8, 4) is 0 Å². The number of esters is 2. The lowest BCUT2D eigenvalue weighted by atomic mass is 9.88. The van der Waals surface area contributed by atoms with E-state index in [9.17, 15) is 14.4 Å². The quantitative estimate of drug-likeness (QED) is 0.0295. The zero-order valence-corrected chi connectivity index (χ0v) is 47.4. The Balaban J connectivity index is 2.12. The molecule has 1 aliphatic rings. The summed E-state index contributed by atoms with van der Waals surface area (Å²) < 4.78 is 30.2. The van der Waals surface area contributed by atoms with E-state index >= 15 is 0 Å². The molecule has 0 aromatic heterocycles. The van der Waals surface area contributed by atoms with Crippen molar-refractivity contribution in [3.05, 3.63) is 41.3 Å². The van der Waals surface area contributed by atoms with Crippen LogP contribution in [0.1, 0.15) is 276 Å². The highest BCUT2D eigenvalue weighted by molar-refractivity contribution is 5.70. The van der Waals surface area contributed by atoms with E-state index < -0.39 is 12.4 Å². The number of alkyl carbamates (subject to hydrolysis) is 1. The lowest BCUT2D eigenvalue weighted by Gasteiger charge is -2.19. The van der Waals surface area contributed by atoms with Crippen molar-refractivity contribution in [2.75, 3.05) is 39.4 Å². The number of nitrogens with one attached hydrogen (secondary N) is 1. The second-order valence-electron chi connectivity index (χ2n) is 21.2. The summed E-state index contributed by atoms with van der Waals surface area (Å²) in [4.78, 5) is 41.9. The summed E-state index contributed by atoms with van der Waals surface area (Å²) in [7, 11) is 0. The number of ether oxygens (including phenoxy) is 5. The molecule has 1 saturated heterocycles. The number of amides is 1. The Morgan fingerprint density at radius 2 is 1.04 bits per heavy atom. The molecule has 10 heteroatoms. The molecular formula is C62H111N2O8. The molecule has 10 nitrogen and oxygen atoms in total. The average Bonchev–Trinajstić information content (AvgIpc) is 3.91. The molecule has 1 amide bonds. The zero-order valence-electron chi connectivity index (χ0n) is 47.4. The van der Waals surface area contributed by atoms with Crippen LogP contribution < -0.4 is 5.32 Å². The number of unbranched alkanes of at least 4 members (excludes halogenated alkanes) is 21. The van der Waals surface area contributed by atoms with Crippen LogP contribution in [0.3, 0.4) is 0 Å². The molecule has 72 heavy (non-hydrogen) atoms. The van der Waals surface area contributed by atoms with Crippen LogP contribution in [0.4, 0.5) is 4.79 Å². The van der Waals surface area contributed by atoms with Crippen molar-refractivity contribution >= 4 is 18.0 Å². The van der Waals surface area contributed by atoms with Gasteiger partial charge < -0.3 is 33.9 Å². The van der Waals surface area contributed by atoms with E-state index in [1.54, 1.807) is 0 Å². The first-order valence-electron chi connectivity index (χ1n) is 30.4.